The second-order valence-corrected chi connectivity index (χ2v) is 3.18. The second-order valence-electron chi connectivity index (χ2n) is 3.18. The summed E-state index contributed by atoms with van der Waals surface area (Å²) in [6.07, 6.45) is 1.64. The molecule has 0 radical (unpaired) electrons. The van der Waals surface area contributed by atoms with Crippen LogP contribution in [-0.2, 0) is 0 Å². The summed E-state index contributed by atoms with van der Waals surface area (Å²) in [5.41, 5.74) is 8.08. The zero-order valence-electron chi connectivity index (χ0n) is 10.5. The summed E-state index contributed by atoms with van der Waals surface area (Å²) >= 11 is 0. The number of benzene rings is 1. The van der Waals surface area contributed by atoms with Gasteiger partial charge in [0.1, 0.15) is 5.75 Å². The monoisotopic (exact) mass is 230 g/mol. The summed E-state index contributed by atoms with van der Waals surface area (Å²) < 4.78 is 5.26. The van der Waals surface area contributed by atoms with Crippen molar-refractivity contribution in [2.45, 2.75) is 13.8 Å². The topological polar surface area (TPSA) is 48.1 Å². The standard InChI is InChI=1S/C12H12N2O.C2H6/c1-15-12-5-3-2-4-10(12)11-7-6-9(13)8-14-11;1-2/h2-8H,13H2,1H3;1-2H3. The number of anilines is 1. The fraction of sp³-hybridized carbons (Fsp3) is 0.214. The lowest BCUT2D eigenvalue weighted by Gasteiger charge is -2.07. The van der Waals surface area contributed by atoms with Crippen molar-refractivity contribution in [1.29, 1.82) is 0 Å². The van der Waals surface area contributed by atoms with E-state index in [1.54, 1.807) is 13.3 Å². The molecule has 0 aliphatic rings. The van der Waals surface area contributed by atoms with Crippen molar-refractivity contribution in [3.8, 4) is 17.0 Å². The molecule has 2 aromatic rings. The zero-order valence-corrected chi connectivity index (χ0v) is 10.5. The molecule has 0 aliphatic carbocycles. The van der Waals surface area contributed by atoms with E-state index >= 15 is 0 Å². The predicted molar refractivity (Wildman–Crippen MR) is 72.0 cm³/mol. The number of hydrogen-bond donors (Lipinski definition) is 1. The maximum Gasteiger partial charge on any atom is 0.128 e. The summed E-state index contributed by atoms with van der Waals surface area (Å²) in [6, 6.07) is 11.5. The van der Waals surface area contributed by atoms with Gasteiger partial charge in [0.05, 0.1) is 24.7 Å². The van der Waals surface area contributed by atoms with Crippen LogP contribution in [0.2, 0.25) is 0 Å². The van der Waals surface area contributed by atoms with Crippen molar-refractivity contribution in [3.05, 3.63) is 42.6 Å². The van der Waals surface area contributed by atoms with Crippen molar-refractivity contribution in [2.24, 2.45) is 0 Å². The van der Waals surface area contributed by atoms with Gasteiger partial charge in [-0.15, -0.1) is 0 Å². The van der Waals surface area contributed by atoms with Crippen molar-refractivity contribution in [2.75, 3.05) is 12.8 Å². The number of ether oxygens (including phenoxy) is 1. The van der Waals surface area contributed by atoms with Crippen LogP contribution in [0.1, 0.15) is 13.8 Å². The van der Waals surface area contributed by atoms with E-state index in [1.807, 2.05) is 50.2 Å². The van der Waals surface area contributed by atoms with Crippen LogP contribution in [-0.4, -0.2) is 12.1 Å². The number of para-hydroxylation sites is 1. The van der Waals surface area contributed by atoms with Crippen molar-refractivity contribution < 1.29 is 4.74 Å². The number of hydrogen-bond acceptors (Lipinski definition) is 3. The first-order chi connectivity index (χ1) is 8.31. The van der Waals surface area contributed by atoms with Gasteiger partial charge in [-0.3, -0.25) is 4.98 Å². The Balaban J connectivity index is 0.000000686. The van der Waals surface area contributed by atoms with Crippen LogP contribution >= 0.6 is 0 Å². The molecule has 1 aromatic heterocycles. The smallest absolute Gasteiger partial charge is 0.128 e. The van der Waals surface area contributed by atoms with Gasteiger partial charge in [0.2, 0.25) is 0 Å². The molecule has 0 saturated heterocycles. The van der Waals surface area contributed by atoms with E-state index in [0.29, 0.717) is 5.69 Å². The Bertz CT molecular complexity index is 452. The third-order valence-corrected chi connectivity index (χ3v) is 2.17. The van der Waals surface area contributed by atoms with E-state index in [9.17, 15) is 0 Å². The molecule has 0 fully saturated rings. The van der Waals surface area contributed by atoms with Gasteiger partial charge >= 0.3 is 0 Å². The Kier molecular flexibility index (Phi) is 5.01. The van der Waals surface area contributed by atoms with Gasteiger partial charge in [-0.25, -0.2) is 0 Å². The third kappa shape index (κ3) is 3.21. The first kappa shape index (κ1) is 13.0. The first-order valence-electron chi connectivity index (χ1n) is 5.66. The number of aromatic nitrogens is 1. The number of nitrogens with two attached hydrogens (primary N) is 1. The quantitative estimate of drug-likeness (QED) is 0.860. The Hall–Kier alpha value is -2.03. The average Bonchev–Trinajstić information content (AvgIpc) is 2.42. The van der Waals surface area contributed by atoms with Crippen molar-refractivity contribution in [1.82, 2.24) is 4.98 Å². The molecule has 0 unspecified atom stereocenters. The fourth-order valence-electron chi connectivity index (χ4n) is 1.42. The van der Waals surface area contributed by atoms with Crippen LogP contribution in [0.15, 0.2) is 42.6 Å². The van der Waals surface area contributed by atoms with Gasteiger partial charge in [0, 0.05) is 5.56 Å². The zero-order chi connectivity index (χ0) is 12.7. The lowest BCUT2D eigenvalue weighted by atomic mass is 10.1. The highest BCUT2D eigenvalue weighted by Gasteiger charge is 2.04. The van der Waals surface area contributed by atoms with Gasteiger partial charge in [-0.2, -0.15) is 0 Å². The highest BCUT2D eigenvalue weighted by atomic mass is 16.5. The largest absolute Gasteiger partial charge is 0.496 e. The number of pyridine rings is 1. The van der Waals surface area contributed by atoms with Crippen LogP contribution in [0.4, 0.5) is 5.69 Å². The molecule has 0 atom stereocenters. The van der Waals surface area contributed by atoms with Crippen LogP contribution in [0.5, 0.6) is 5.75 Å². The Morgan fingerprint density at radius 2 is 1.76 bits per heavy atom. The molecule has 2 N–H and O–H groups in total. The average molecular weight is 230 g/mol. The van der Waals surface area contributed by atoms with E-state index in [2.05, 4.69) is 4.98 Å². The Morgan fingerprint density at radius 1 is 1.06 bits per heavy atom. The molecular formula is C14H18N2O. The molecule has 0 bridgehead atoms. The predicted octanol–water partition coefficient (Wildman–Crippen LogP) is 3.37. The minimum absolute atomic E-state index is 0.661. The minimum Gasteiger partial charge on any atom is -0.496 e. The van der Waals surface area contributed by atoms with E-state index in [4.69, 9.17) is 10.5 Å². The van der Waals surface area contributed by atoms with Crippen LogP contribution < -0.4 is 10.5 Å². The summed E-state index contributed by atoms with van der Waals surface area (Å²) in [5, 5.41) is 0. The highest BCUT2D eigenvalue weighted by Crippen LogP contribution is 2.27. The first-order valence-corrected chi connectivity index (χ1v) is 5.66. The Labute approximate surface area is 102 Å². The van der Waals surface area contributed by atoms with Gasteiger partial charge in [0.15, 0.2) is 0 Å². The molecule has 0 aliphatic heterocycles. The molecule has 3 nitrogen and oxygen atoms in total. The number of methoxy groups -OCH3 is 1. The minimum atomic E-state index is 0.661. The molecule has 0 amide bonds. The van der Waals surface area contributed by atoms with E-state index in [0.717, 1.165) is 17.0 Å². The van der Waals surface area contributed by atoms with Gasteiger partial charge < -0.3 is 10.5 Å². The summed E-state index contributed by atoms with van der Waals surface area (Å²) in [6.45, 7) is 4.00. The van der Waals surface area contributed by atoms with Crippen LogP contribution in [0.25, 0.3) is 11.3 Å². The molecule has 1 aromatic carbocycles. The maximum absolute atomic E-state index is 5.58. The summed E-state index contributed by atoms with van der Waals surface area (Å²) in [7, 11) is 1.65. The molecular weight excluding hydrogens is 212 g/mol. The molecule has 3 heteroatoms. The van der Waals surface area contributed by atoms with E-state index in [-0.39, 0.29) is 0 Å². The number of nitrogen functional groups attached to an aromatic ring is 1. The summed E-state index contributed by atoms with van der Waals surface area (Å²) in [4.78, 5) is 4.25. The molecule has 1 heterocycles. The number of rotatable bonds is 2. The normalized spacial score (nSPS) is 9.12. The van der Waals surface area contributed by atoms with E-state index in [1.165, 1.54) is 0 Å². The SMILES string of the molecule is CC.COc1ccccc1-c1ccc(N)cn1. The maximum atomic E-state index is 5.58. The molecule has 0 saturated carbocycles. The molecule has 90 valence electrons. The second kappa shape index (κ2) is 6.53. The van der Waals surface area contributed by atoms with Crippen molar-refractivity contribution in [3.63, 3.8) is 0 Å². The Morgan fingerprint density at radius 3 is 2.35 bits per heavy atom. The van der Waals surface area contributed by atoms with Gasteiger partial charge in [-0.05, 0) is 24.3 Å². The van der Waals surface area contributed by atoms with Crippen LogP contribution in [0.3, 0.4) is 0 Å². The lowest BCUT2D eigenvalue weighted by molar-refractivity contribution is 0.416. The molecule has 0 spiro atoms. The van der Waals surface area contributed by atoms with Gasteiger partial charge in [0.25, 0.3) is 0 Å². The third-order valence-electron chi connectivity index (χ3n) is 2.17. The van der Waals surface area contributed by atoms with Crippen molar-refractivity contribution >= 4 is 5.69 Å². The summed E-state index contributed by atoms with van der Waals surface area (Å²) in [5.74, 6) is 0.815. The fourth-order valence-corrected chi connectivity index (χ4v) is 1.42. The molecule has 2 rings (SSSR count). The van der Waals surface area contributed by atoms with Crippen LogP contribution in [0, 0.1) is 0 Å². The molecule has 17 heavy (non-hydrogen) atoms. The van der Waals surface area contributed by atoms with Gasteiger partial charge in [-0.1, -0.05) is 26.0 Å². The highest BCUT2D eigenvalue weighted by molar-refractivity contribution is 5.67. The number of nitrogens with zero attached hydrogens (tertiary/aromatic N) is 1. The van der Waals surface area contributed by atoms with E-state index < -0.39 is 0 Å². The lowest BCUT2D eigenvalue weighted by Crippen LogP contribution is -1.91.